The van der Waals surface area contributed by atoms with E-state index in [4.69, 9.17) is 5.11 Å². The fourth-order valence-electron chi connectivity index (χ4n) is 1.76. The molecule has 2 rings (SSSR count). The van der Waals surface area contributed by atoms with Crippen molar-refractivity contribution in [2.45, 2.75) is 18.9 Å². The first-order valence-corrected chi connectivity index (χ1v) is 6.02. The van der Waals surface area contributed by atoms with E-state index in [0.29, 0.717) is 5.56 Å². The Bertz CT molecular complexity index is 506. The number of carbonyl (C=O) groups excluding carboxylic acids is 1. The number of benzene rings is 1. The Kier molecular flexibility index (Phi) is 3.94. The maximum Gasteiger partial charge on any atom is 0.323 e. The molecule has 1 amide bonds. The molecule has 19 heavy (non-hydrogen) atoms. The predicted octanol–water partition coefficient (Wildman–Crippen LogP) is 1.91. The summed E-state index contributed by atoms with van der Waals surface area (Å²) in [6.07, 6.45) is 4.58. The van der Waals surface area contributed by atoms with Gasteiger partial charge in [0.05, 0.1) is 0 Å². The van der Waals surface area contributed by atoms with E-state index in [2.05, 4.69) is 0 Å². The summed E-state index contributed by atoms with van der Waals surface area (Å²) >= 11 is 0. The van der Waals surface area contributed by atoms with E-state index in [0.717, 1.165) is 12.8 Å². The second-order valence-electron chi connectivity index (χ2n) is 4.48. The van der Waals surface area contributed by atoms with Gasteiger partial charge in [-0.3, -0.25) is 9.59 Å². The molecule has 1 aromatic carbocycles. The maximum atomic E-state index is 12.7. The Labute approximate surface area is 110 Å². The van der Waals surface area contributed by atoms with Crippen LogP contribution in [0.15, 0.2) is 30.3 Å². The molecule has 0 spiro atoms. The second-order valence-corrected chi connectivity index (χ2v) is 4.48. The lowest BCUT2D eigenvalue weighted by Crippen LogP contribution is -2.36. The molecular formula is C14H14FNO3. The molecule has 0 aliphatic heterocycles. The minimum absolute atomic E-state index is 0.0430. The zero-order chi connectivity index (χ0) is 13.8. The minimum atomic E-state index is -1.02. The summed E-state index contributed by atoms with van der Waals surface area (Å²) in [5, 5.41) is 8.77. The third-order valence-corrected chi connectivity index (χ3v) is 2.86. The van der Waals surface area contributed by atoms with Crippen molar-refractivity contribution < 1.29 is 19.1 Å². The first-order chi connectivity index (χ1) is 9.06. The van der Waals surface area contributed by atoms with Gasteiger partial charge >= 0.3 is 5.97 Å². The van der Waals surface area contributed by atoms with Crippen LogP contribution in [0.1, 0.15) is 18.4 Å². The normalized spacial score (nSPS) is 14.6. The van der Waals surface area contributed by atoms with Crippen LogP contribution in [0.4, 0.5) is 4.39 Å². The molecule has 1 aliphatic carbocycles. The van der Waals surface area contributed by atoms with Gasteiger partial charge in [0.1, 0.15) is 12.4 Å². The van der Waals surface area contributed by atoms with Crippen molar-refractivity contribution in [2.75, 3.05) is 6.54 Å². The van der Waals surface area contributed by atoms with Crippen LogP contribution < -0.4 is 0 Å². The van der Waals surface area contributed by atoms with Gasteiger partial charge in [0.2, 0.25) is 5.91 Å². The number of carboxylic acid groups (broad SMARTS) is 1. The fourth-order valence-corrected chi connectivity index (χ4v) is 1.76. The summed E-state index contributed by atoms with van der Waals surface area (Å²) in [5.74, 6) is -1.68. The summed E-state index contributed by atoms with van der Waals surface area (Å²) in [6, 6.07) is 5.76. The summed E-state index contributed by atoms with van der Waals surface area (Å²) in [5.41, 5.74) is 0.695. The summed E-state index contributed by atoms with van der Waals surface area (Å²) < 4.78 is 12.7. The van der Waals surface area contributed by atoms with E-state index in [9.17, 15) is 14.0 Å². The quantitative estimate of drug-likeness (QED) is 0.826. The van der Waals surface area contributed by atoms with E-state index in [1.54, 1.807) is 18.2 Å². The first-order valence-electron chi connectivity index (χ1n) is 6.02. The number of rotatable bonds is 5. The van der Waals surface area contributed by atoms with E-state index >= 15 is 0 Å². The molecule has 0 heterocycles. The van der Waals surface area contributed by atoms with Gasteiger partial charge in [0.15, 0.2) is 0 Å². The number of amides is 1. The van der Waals surface area contributed by atoms with Crippen molar-refractivity contribution in [3.63, 3.8) is 0 Å². The molecule has 0 unspecified atom stereocenters. The van der Waals surface area contributed by atoms with Gasteiger partial charge in [-0.25, -0.2) is 4.39 Å². The van der Waals surface area contributed by atoms with Gasteiger partial charge in [-0.05, 0) is 36.6 Å². The van der Waals surface area contributed by atoms with Crippen molar-refractivity contribution >= 4 is 18.0 Å². The van der Waals surface area contributed by atoms with E-state index in [1.165, 1.54) is 23.1 Å². The van der Waals surface area contributed by atoms with Crippen LogP contribution in [0.25, 0.3) is 6.08 Å². The van der Waals surface area contributed by atoms with Gasteiger partial charge in [-0.15, -0.1) is 0 Å². The summed E-state index contributed by atoms with van der Waals surface area (Å²) in [4.78, 5) is 24.0. The number of hydrogen-bond donors (Lipinski definition) is 1. The molecular weight excluding hydrogens is 249 g/mol. The lowest BCUT2D eigenvalue weighted by atomic mass is 10.2. The van der Waals surface area contributed by atoms with Crippen molar-refractivity contribution in [2.24, 2.45) is 0 Å². The average molecular weight is 263 g/mol. The van der Waals surface area contributed by atoms with E-state index in [1.807, 2.05) is 0 Å². The first kappa shape index (κ1) is 13.3. The average Bonchev–Trinajstić information content (AvgIpc) is 3.19. The van der Waals surface area contributed by atoms with Crippen LogP contribution in [0, 0.1) is 5.82 Å². The minimum Gasteiger partial charge on any atom is -0.480 e. The monoisotopic (exact) mass is 263 g/mol. The highest BCUT2D eigenvalue weighted by Crippen LogP contribution is 2.26. The lowest BCUT2D eigenvalue weighted by molar-refractivity contribution is -0.143. The highest BCUT2D eigenvalue weighted by atomic mass is 19.1. The molecule has 0 saturated heterocycles. The Morgan fingerprint density at radius 2 is 1.95 bits per heavy atom. The van der Waals surface area contributed by atoms with Gasteiger partial charge < -0.3 is 10.0 Å². The number of nitrogens with zero attached hydrogens (tertiary/aromatic N) is 1. The number of hydrogen-bond acceptors (Lipinski definition) is 2. The molecule has 0 aromatic heterocycles. The van der Waals surface area contributed by atoms with Crippen molar-refractivity contribution in [1.82, 2.24) is 4.90 Å². The summed E-state index contributed by atoms with van der Waals surface area (Å²) in [6.45, 7) is -0.280. The van der Waals surface area contributed by atoms with Gasteiger partial charge in [0, 0.05) is 12.1 Å². The third kappa shape index (κ3) is 3.91. The van der Waals surface area contributed by atoms with Gasteiger partial charge in [0.25, 0.3) is 0 Å². The third-order valence-electron chi connectivity index (χ3n) is 2.86. The van der Waals surface area contributed by atoms with E-state index in [-0.39, 0.29) is 24.3 Å². The highest BCUT2D eigenvalue weighted by Gasteiger charge is 2.32. The smallest absolute Gasteiger partial charge is 0.323 e. The Hall–Kier alpha value is -2.17. The lowest BCUT2D eigenvalue weighted by Gasteiger charge is -2.17. The molecule has 1 N–H and O–H groups in total. The molecule has 1 aromatic rings. The maximum absolute atomic E-state index is 12.7. The second kappa shape index (κ2) is 5.65. The Balaban J connectivity index is 2.01. The predicted molar refractivity (Wildman–Crippen MR) is 67.8 cm³/mol. The SMILES string of the molecule is O=C(O)CN(C(=O)C=Cc1ccc(F)cc1)C1CC1. The molecule has 0 atom stereocenters. The van der Waals surface area contributed by atoms with Crippen LogP contribution in [0.5, 0.6) is 0 Å². The number of aliphatic carboxylic acids is 1. The van der Waals surface area contributed by atoms with E-state index < -0.39 is 5.97 Å². The summed E-state index contributed by atoms with van der Waals surface area (Å²) in [7, 11) is 0. The zero-order valence-corrected chi connectivity index (χ0v) is 10.3. The van der Waals surface area contributed by atoms with Crippen LogP contribution >= 0.6 is 0 Å². The van der Waals surface area contributed by atoms with Crippen LogP contribution in [-0.2, 0) is 9.59 Å². The molecule has 5 heteroatoms. The Morgan fingerprint density at radius 1 is 1.32 bits per heavy atom. The van der Waals surface area contributed by atoms with Crippen LogP contribution in [0.3, 0.4) is 0 Å². The zero-order valence-electron chi connectivity index (χ0n) is 10.3. The molecule has 100 valence electrons. The number of carboxylic acids is 1. The molecule has 0 bridgehead atoms. The molecule has 1 saturated carbocycles. The largest absolute Gasteiger partial charge is 0.480 e. The Morgan fingerprint density at radius 3 is 2.47 bits per heavy atom. The molecule has 1 aliphatic rings. The van der Waals surface area contributed by atoms with Gasteiger partial charge in [-0.2, -0.15) is 0 Å². The number of halogens is 1. The fraction of sp³-hybridized carbons (Fsp3) is 0.286. The van der Waals surface area contributed by atoms with Crippen molar-refractivity contribution in [3.8, 4) is 0 Å². The topological polar surface area (TPSA) is 57.6 Å². The molecule has 4 nitrogen and oxygen atoms in total. The standard InChI is InChI=1S/C14H14FNO3/c15-11-4-1-10(2-5-11)3-8-13(17)16(9-14(18)19)12-6-7-12/h1-5,8,12H,6-7,9H2,(H,18,19). The number of carbonyl (C=O) groups is 2. The van der Waals surface area contributed by atoms with Crippen molar-refractivity contribution in [3.05, 3.63) is 41.7 Å². The van der Waals surface area contributed by atoms with Crippen molar-refractivity contribution in [1.29, 1.82) is 0 Å². The van der Waals surface area contributed by atoms with Crippen LogP contribution in [-0.4, -0.2) is 34.5 Å². The highest BCUT2D eigenvalue weighted by molar-refractivity contribution is 5.94. The van der Waals surface area contributed by atoms with Crippen LogP contribution in [0.2, 0.25) is 0 Å². The molecule has 0 radical (unpaired) electrons. The molecule has 1 fully saturated rings. The van der Waals surface area contributed by atoms with Gasteiger partial charge in [-0.1, -0.05) is 12.1 Å².